The van der Waals surface area contributed by atoms with Crippen LogP contribution >= 0.6 is 0 Å². The Morgan fingerprint density at radius 1 is 0.619 bits per heavy atom. The Morgan fingerprint density at radius 3 is 2.05 bits per heavy atom. The number of ether oxygens (including phenoxy) is 1. The Labute approximate surface area is 249 Å². The van der Waals surface area contributed by atoms with Crippen molar-refractivity contribution in [2.45, 2.75) is 53.4 Å². The van der Waals surface area contributed by atoms with Crippen molar-refractivity contribution in [2.24, 2.45) is 5.41 Å². The predicted octanol–water partition coefficient (Wildman–Crippen LogP) is 10.8. The molecule has 0 bridgehead atoms. The van der Waals surface area contributed by atoms with Crippen LogP contribution in [0.3, 0.4) is 0 Å². The molecule has 3 heteroatoms. The zero-order chi connectivity index (χ0) is 29.5. The summed E-state index contributed by atoms with van der Waals surface area (Å²) in [6.07, 6.45) is 4.81. The van der Waals surface area contributed by atoms with Crippen LogP contribution in [0.25, 0.3) is 44.1 Å². The van der Waals surface area contributed by atoms with E-state index in [4.69, 9.17) is 9.72 Å². The molecule has 0 fully saturated rings. The zero-order valence-corrected chi connectivity index (χ0v) is 25.4. The third-order valence-electron chi connectivity index (χ3n) is 7.70. The van der Waals surface area contributed by atoms with E-state index < -0.39 is 0 Å². The van der Waals surface area contributed by atoms with Gasteiger partial charge in [0.1, 0.15) is 11.5 Å². The van der Waals surface area contributed by atoms with Crippen molar-refractivity contribution < 1.29 is 4.74 Å². The molecule has 0 spiro atoms. The number of hydrogen-bond acceptors (Lipinski definition) is 3. The lowest BCUT2D eigenvalue weighted by Crippen LogP contribution is -2.11. The highest BCUT2D eigenvalue weighted by atomic mass is 16.5. The van der Waals surface area contributed by atoms with Gasteiger partial charge in [-0.2, -0.15) is 0 Å². The van der Waals surface area contributed by atoms with Crippen molar-refractivity contribution in [3.63, 3.8) is 0 Å². The number of rotatable bonds is 5. The van der Waals surface area contributed by atoms with Gasteiger partial charge < -0.3 is 4.74 Å². The van der Waals surface area contributed by atoms with Gasteiger partial charge in [-0.3, -0.25) is 9.97 Å². The molecule has 0 atom stereocenters. The topological polar surface area (TPSA) is 35.0 Å². The first-order valence-electron chi connectivity index (χ1n) is 14.7. The normalized spacial score (nSPS) is 12.1. The Balaban J connectivity index is 1.37. The predicted molar refractivity (Wildman–Crippen MR) is 176 cm³/mol. The largest absolute Gasteiger partial charge is 0.457 e. The molecule has 6 aromatic rings. The Kier molecular flexibility index (Phi) is 7.06. The highest BCUT2D eigenvalue weighted by Gasteiger charge is 2.17. The molecular weight excluding hydrogens is 512 g/mol. The second-order valence-corrected chi connectivity index (χ2v) is 13.4. The molecule has 4 aromatic carbocycles. The van der Waals surface area contributed by atoms with Gasteiger partial charge in [-0.1, -0.05) is 96.1 Å². The third kappa shape index (κ3) is 5.78. The van der Waals surface area contributed by atoms with Crippen molar-refractivity contribution in [3.8, 4) is 34.0 Å². The smallest absolute Gasteiger partial charge is 0.128 e. The average Bonchev–Trinajstić information content (AvgIpc) is 2.96. The van der Waals surface area contributed by atoms with E-state index in [-0.39, 0.29) is 10.8 Å². The molecule has 42 heavy (non-hydrogen) atoms. The van der Waals surface area contributed by atoms with Crippen molar-refractivity contribution in [2.75, 3.05) is 0 Å². The van der Waals surface area contributed by atoms with Gasteiger partial charge in [-0.15, -0.1) is 0 Å². The molecule has 0 N–H and O–H groups in total. The van der Waals surface area contributed by atoms with Crippen LogP contribution in [0.4, 0.5) is 0 Å². The minimum Gasteiger partial charge on any atom is -0.457 e. The van der Waals surface area contributed by atoms with E-state index in [9.17, 15) is 0 Å². The van der Waals surface area contributed by atoms with Crippen LogP contribution in [0.1, 0.15) is 52.7 Å². The summed E-state index contributed by atoms with van der Waals surface area (Å²) in [5, 5.41) is 4.89. The maximum atomic E-state index is 6.42. The van der Waals surface area contributed by atoms with E-state index in [1.807, 2.05) is 36.7 Å². The van der Waals surface area contributed by atoms with Crippen LogP contribution in [-0.4, -0.2) is 9.97 Å². The fraction of sp³-hybridized carbons (Fsp3) is 0.231. The maximum Gasteiger partial charge on any atom is 0.128 e. The Morgan fingerprint density at radius 2 is 1.31 bits per heavy atom. The molecule has 3 nitrogen and oxygen atoms in total. The van der Waals surface area contributed by atoms with Gasteiger partial charge in [0.15, 0.2) is 0 Å². The lowest BCUT2D eigenvalue weighted by atomic mass is 9.85. The Bertz CT molecular complexity index is 1910. The number of nitrogens with zero attached hydrogens (tertiary/aromatic N) is 2. The third-order valence-corrected chi connectivity index (χ3v) is 7.70. The second kappa shape index (κ2) is 10.7. The molecule has 0 aliphatic heterocycles. The minimum atomic E-state index is 0.0569. The van der Waals surface area contributed by atoms with Gasteiger partial charge >= 0.3 is 0 Å². The summed E-state index contributed by atoms with van der Waals surface area (Å²) in [6, 6.07) is 33.9. The van der Waals surface area contributed by atoms with E-state index in [1.54, 1.807) is 0 Å². The molecule has 0 amide bonds. The highest BCUT2D eigenvalue weighted by Crippen LogP contribution is 2.37. The van der Waals surface area contributed by atoms with Crippen LogP contribution < -0.4 is 4.74 Å². The van der Waals surface area contributed by atoms with Gasteiger partial charge in [-0.05, 0) is 87.0 Å². The molecule has 0 saturated carbocycles. The molecular formula is C39H38N2O. The average molecular weight is 551 g/mol. The molecule has 0 aliphatic rings. The van der Waals surface area contributed by atoms with Crippen LogP contribution in [0.15, 0.2) is 109 Å². The first-order chi connectivity index (χ1) is 20.0. The molecule has 2 aromatic heterocycles. The summed E-state index contributed by atoms with van der Waals surface area (Å²) in [5.41, 5.74) is 6.86. The summed E-state index contributed by atoms with van der Waals surface area (Å²) in [5.74, 6) is 1.55. The highest BCUT2D eigenvalue weighted by molar-refractivity contribution is 6.14. The number of fused-ring (bicyclic) bond motifs is 3. The van der Waals surface area contributed by atoms with E-state index in [0.29, 0.717) is 0 Å². The summed E-state index contributed by atoms with van der Waals surface area (Å²) in [7, 11) is 0. The van der Waals surface area contributed by atoms with Crippen LogP contribution in [0, 0.1) is 5.41 Å². The van der Waals surface area contributed by atoms with Gasteiger partial charge in [0, 0.05) is 28.9 Å². The minimum absolute atomic E-state index is 0.0569. The Hall–Kier alpha value is -4.50. The molecule has 210 valence electrons. The van der Waals surface area contributed by atoms with Gasteiger partial charge in [0.25, 0.3) is 0 Å². The second-order valence-electron chi connectivity index (χ2n) is 13.4. The lowest BCUT2D eigenvalue weighted by Gasteiger charge is -2.20. The van der Waals surface area contributed by atoms with Gasteiger partial charge in [-0.25, -0.2) is 0 Å². The monoisotopic (exact) mass is 550 g/mol. The first kappa shape index (κ1) is 27.7. The summed E-state index contributed by atoms with van der Waals surface area (Å²) in [4.78, 5) is 9.54. The van der Waals surface area contributed by atoms with E-state index in [1.165, 1.54) is 32.7 Å². The number of benzene rings is 4. The van der Waals surface area contributed by atoms with Crippen LogP contribution in [-0.2, 0) is 11.8 Å². The van der Waals surface area contributed by atoms with Gasteiger partial charge in [0.05, 0.1) is 11.4 Å². The summed E-state index contributed by atoms with van der Waals surface area (Å²) < 4.78 is 6.42. The molecule has 0 radical (unpaired) electrons. The van der Waals surface area contributed by atoms with E-state index in [2.05, 4.69) is 119 Å². The van der Waals surface area contributed by atoms with Gasteiger partial charge in [0.2, 0.25) is 0 Å². The fourth-order valence-corrected chi connectivity index (χ4v) is 5.66. The van der Waals surface area contributed by atoms with Crippen LogP contribution in [0.5, 0.6) is 11.5 Å². The maximum absolute atomic E-state index is 6.42. The van der Waals surface area contributed by atoms with E-state index >= 15 is 0 Å². The molecule has 0 unspecified atom stereocenters. The first-order valence-corrected chi connectivity index (χ1v) is 14.7. The SMILES string of the molecule is CC(C)(C)Cc1cccc2c1ccc1ccnc(-c3cccc(Oc4cccc(-c5cc(C(C)(C)C)ccn5)c4)c3)c12. The van der Waals surface area contributed by atoms with Crippen LogP contribution in [0.2, 0.25) is 0 Å². The fourth-order valence-electron chi connectivity index (χ4n) is 5.66. The lowest BCUT2D eigenvalue weighted by molar-refractivity contribution is 0.412. The van der Waals surface area contributed by atoms with Crippen molar-refractivity contribution in [3.05, 3.63) is 121 Å². The van der Waals surface area contributed by atoms with Crippen molar-refractivity contribution in [1.29, 1.82) is 0 Å². The molecule has 0 aliphatic carbocycles. The zero-order valence-electron chi connectivity index (χ0n) is 25.4. The number of hydrogen-bond donors (Lipinski definition) is 0. The summed E-state index contributed by atoms with van der Waals surface area (Å²) >= 11 is 0. The van der Waals surface area contributed by atoms with Crippen molar-refractivity contribution in [1.82, 2.24) is 9.97 Å². The number of pyridine rings is 2. The van der Waals surface area contributed by atoms with E-state index in [0.717, 1.165) is 40.4 Å². The number of aromatic nitrogens is 2. The molecule has 2 heterocycles. The molecule has 6 rings (SSSR count). The van der Waals surface area contributed by atoms with Crippen molar-refractivity contribution >= 4 is 21.5 Å². The standard InChI is InChI=1S/C39H38N2O/c1-38(2,3)25-29-12-9-15-34-33(29)17-16-26-18-20-41-37(36(26)34)28-11-8-14-32(23-28)42-31-13-7-10-27(22-31)35-24-30(19-21-40-35)39(4,5)6/h7-24H,25H2,1-6H3. The summed E-state index contributed by atoms with van der Waals surface area (Å²) in [6.45, 7) is 13.5. The quantitative estimate of drug-likeness (QED) is 0.200. The molecule has 0 saturated heterocycles.